The van der Waals surface area contributed by atoms with E-state index in [1.54, 1.807) is 6.07 Å². The lowest BCUT2D eigenvalue weighted by Crippen LogP contribution is -2.28. The number of halogens is 1. The molecule has 170 valence electrons. The van der Waals surface area contributed by atoms with Gasteiger partial charge in [0.1, 0.15) is 17.7 Å². The summed E-state index contributed by atoms with van der Waals surface area (Å²) in [7, 11) is 0. The van der Waals surface area contributed by atoms with Crippen molar-refractivity contribution in [3.8, 4) is 5.75 Å². The monoisotopic (exact) mass is 442 g/mol. The molecule has 1 amide bonds. The van der Waals surface area contributed by atoms with E-state index < -0.39 is 0 Å². The highest BCUT2D eigenvalue weighted by molar-refractivity contribution is 5.94. The minimum atomic E-state index is -0.249. The maximum Gasteiger partial charge on any atom is 0.263 e. The Kier molecular flexibility index (Phi) is 5.50. The SMILES string of the molecule is C=C1OC(CCNCC2CC3=C(F)C=C(O)CC3C2)CN1c1ccc2c(n1)NC(=O)CO2. The summed E-state index contributed by atoms with van der Waals surface area (Å²) in [6.45, 7) is 6.20. The fraction of sp³-hybridized carbons (Fsp3) is 0.478. The zero-order chi connectivity index (χ0) is 22.2. The molecule has 1 aromatic rings. The molecule has 0 spiro atoms. The molecule has 3 heterocycles. The quantitative estimate of drug-likeness (QED) is 0.583. The summed E-state index contributed by atoms with van der Waals surface area (Å²) in [6, 6.07) is 3.61. The number of aliphatic hydroxyl groups is 1. The number of amides is 1. The van der Waals surface area contributed by atoms with Crippen LogP contribution < -0.4 is 20.3 Å². The van der Waals surface area contributed by atoms with Gasteiger partial charge in [-0.05, 0) is 68.5 Å². The fourth-order valence-electron chi connectivity index (χ4n) is 4.95. The number of hydrogen-bond donors (Lipinski definition) is 3. The standard InChI is InChI=1S/C23H27FN4O4/c1-13-28(21-3-2-20-23(26-21)27-22(30)12-31-20)11-17(32-13)4-5-25-10-14-6-15-8-16(29)9-19(24)18(15)7-14/h2-3,9,14-15,17,25,29H,1,4-8,10-12H2,(H,26,27,30). The van der Waals surface area contributed by atoms with E-state index in [-0.39, 0.29) is 36.1 Å². The highest BCUT2D eigenvalue weighted by Crippen LogP contribution is 2.44. The summed E-state index contributed by atoms with van der Waals surface area (Å²) in [6.07, 6.45) is 4.25. The molecule has 1 saturated carbocycles. The van der Waals surface area contributed by atoms with Gasteiger partial charge in [0.2, 0.25) is 0 Å². The summed E-state index contributed by atoms with van der Waals surface area (Å²) in [5.41, 5.74) is 0.861. The van der Waals surface area contributed by atoms with Crippen molar-refractivity contribution in [3.63, 3.8) is 0 Å². The second-order valence-corrected chi connectivity index (χ2v) is 8.81. The number of hydrogen-bond acceptors (Lipinski definition) is 7. The van der Waals surface area contributed by atoms with Crippen LogP contribution in [0.25, 0.3) is 0 Å². The van der Waals surface area contributed by atoms with E-state index in [0.717, 1.165) is 37.9 Å². The largest absolute Gasteiger partial charge is 0.512 e. The molecule has 0 aromatic carbocycles. The number of aromatic nitrogens is 1. The fourth-order valence-corrected chi connectivity index (χ4v) is 4.95. The lowest BCUT2D eigenvalue weighted by atomic mass is 9.93. The third-order valence-electron chi connectivity index (χ3n) is 6.48. The van der Waals surface area contributed by atoms with Gasteiger partial charge in [-0.15, -0.1) is 0 Å². The van der Waals surface area contributed by atoms with Crippen LogP contribution in [0.1, 0.15) is 25.7 Å². The minimum absolute atomic E-state index is 0.00392. The Morgan fingerprint density at radius 3 is 3.12 bits per heavy atom. The molecule has 5 rings (SSSR count). The second-order valence-electron chi connectivity index (χ2n) is 8.81. The van der Waals surface area contributed by atoms with E-state index in [2.05, 4.69) is 22.2 Å². The number of fused-ring (bicyclic) bond motifs is 2. The molecule has 2 fully saturated rings. The molecule has 2 aliphatic carbocycles. The van der Waals surface area contributed by atoms with E-state index in [0.29, 0.717) is 42.2 Å². The zero-order valence-electron chi connectivity index (χ0n) is 17.8. The number of nitrogens with zero attached hydrogens (tertiary/aromatic N) is 2. The summed E-state index contributed by atoms with van der Waals surface area (Å²) < 4.78 is 25.3. The number of aliphatic hydroxyl groups excluding tert-OH is 1. The normalized spacial score (nSPS) is 26.8. The van der Waals surface area contributed by atoms with Crippen molar-refractivity contribution < 1.29 is 23.8 Å². The molecule has 32 heavy (non-hydrogen) atoms. The van der Waals surface area contributed by atoms with E-state index in [9.17, 15) is 14.3 Å². The number of rotatable bonds is 6. The molecule has 1 saturated heterocycles. The highest BCUT2D eigenvalue weighted by Gasteiger charge is 2.34. The molecular weight excluding hydrogens is 415 g/mol. The molecule has 3 unspecified atom stereocenters. The van der Waals surface area contributed by atoms with Gasteiger partial charge in [-0.2, -0.15) is 0 Å². The number of nitrogens with one attached hydrogen (secondary N) is 2. The Balaban J connectivity index is 1.09. The third-order valence-corrected chi connectivity index (χ3v) is 6.48. The number of allylic oxidation sites excluding steroid dienone is 4. The van der Waals surface area contributed by atoms with Gasteiger partial charge in [0, 0.05) is 12.5 Å². The molecular formula is C23H27FN4O4. The van der Waals surface area contributed by atoms with Crippen molar-refractivity contribution in [1.82, 2.24) is 10.3 Å². The van der Waals surface area contributed by atoms with Crippen LogP contribution in [-0.2, 0) is 9.53 Å². The number of pyridine rings is 1. The molecule has 0 bridgehead atoms. The Morgan fingerprint density at radius 2 is 2.25 bits per heavy atom. The van der Waals surface area contributed by atoms with Gasteiger partial charge in [0.05, 0.1) is 12.3 Å². The van der Waals surface area contributed by atoms with Gasteiger partial charge >= 0.3 is 0 Å². The lowest BCUT2D eigenvalue weighted by molar-refractivity contribution is -0.118. The van der Waals surface area contributed by atoms with Crippen molar-refractivity contribution >= 4 is 17.5 Å². The van der Waals surface area contributed by atoms with Gasteiger partial charge in [-0.25, -0.2) is 9.37 Å². The molecule has 3 N–H and O–H groups in total. The van der Waals surface area contributed by atoms with Crippen LogP contribution in [0.15, 0.2) is 47.8 Å². The average molecular weight is 442 g/mol. The van der Waals surface area contributed by atoms with Crippen molar-refractivity contribution in [2.75, 3.05) is 36.5 Å². The van der Waals surface area contributed by atoms with E-state index in [1.165, 1.54) is 6.08 Å². The van der Waals surface area contributed by atoms with E-state index in [1.807, 2.05) is 11.0 Å². The smallest absolute Gasteiger partial charge is 0.263 e. The van der Waals surface area contributed by atoms with Crippen molar-refractivity contribution in [2.24, 2.45) is 11.8 Å². The summed E-state index contributed by atoms with van der Waals surface area (Å²) in [4.78, 5) is 17.9. The molecule has 1 aromatic heterocycles. The zero-order valence-corrected chi connectivity index (χ0v) is 17.8. The number of ether oxygens (including phenoxy) is 2. The van der Waals surface area contributed by atoms with Gasteiger partial charge in [-0.1, -0.05) is 0 Å². The van der Waals surface area contributed by atoms with Gasteiger partial charge in [-0.3, -0.25) is 9.69 Å². The maximum absolute atomic E-state index is 14.0. The van der Waals surface area contributed by atoms with Crippen LogP contribution in [0.2, 0.25) is 0 Å². The van der Waals surface area contributed by atoms with Gasteiger partial charge in [0.15, 0.2) is 24.1 Å². The Bertz CT molecular complexity index is 1010. The first-order valence-electron chi connectivity index (χ1n) is 11.0. The third kappa shape index (κ3) is 4.17. The number of carbonyl (C=O) groups excluding carboxylic acids is 1. The molecule has 3 atom stereocenters. The van der Waals surface area contributed by atoms with Crippen LogP contribution in [0.4, 0.5) is 16.0 Å². The Morgan fingerprint density at radius 1 is 1.38 bits per heavy atom. The van der Waals surface area contributed by atoms with Crippen LogP contribution in [0.5, 0.6) is 5.75 Å². The van der Waals surface area contributed by atoms with E-state index in [4.69, 9.17) is 9.47 Å². The van der Waals surface area contributed by atoms with Gasteiger partial charge in [0.25, 0.3) is 5.91 Å². The Hall–Kier alpha value is -3.07. The molecule has 4 aliphatic rings. The first kappa shape index (κ1) is 20.8. The minimum Gasteiger partial charge on any atom is -0.512 e. The highest BCUT2D eigenvalue weighted by atomic mass is 19.1. The summed E-state index contributed by atoms with van der Waals surface area (Å²) >= 11 is 0. The van der Waals surface area contributed by atoms with Crippen molar-refractivity contribution in [1.29, 1.82) is 0 Å². The van der Waals surface area contributed by atoms with Crippen LogP contribution in [-0.4, -0.2) is 48.3 Å². The lowest BCUT2D eigenvalue weighted by Gasteiger charge is -2.20. The van der Waals surface area contributed by atoms with Crippen molar-refractivity contribution in [2.45, 2.75) is 31.8 Å². The molecule has 2 aliphatic heterocycles. The Labute approximate surface area is 185 Å². The first-order chi connectivity index (χ1) is 15.5. The van der Waals surface area contributed by atoms with E-state index >= 15 is 0 Å². The number of carbonyl (C=O) groups is 1. The maximum atomic E-state index is 14.0. The second kappa shape index (κ2) is 8.46. The predicted octanol–water partition coefficient (Wildman–Crippen LogP) is 3.16. The average Bonchev–Trinajstić information content (AvgIpc) is 3.33. The summed E-state index contributed by atoms with van der Waals surface area (Å²) in [5.74, 6) is 2.33. The topological polar surface area (TPSA) is 96.0 Å². The first-order valence-corrected chi connectivity index (χ1v) is 11.0. The molecule has 8 nitrogen and oxygen atoms in total. The van der Waals surface area contributed by atoms with Crippen LogP contribution in [0, 0.1) is 11.8 Å². The van der Waals surface area contributed by atoms with Crippen molar-refractivity contribution in [3.05, 3.63) is 47.8 Å². The van der Waals surface area contributed by atoms with Gasteiger partial charge < -0.3 is 25.2 Å². The molecule has 0 radical (unpaired) electrons. The van der Waals surface area contributed by atoms with Crippen LogP contribution >= 0.6 is 0 Å². The summed E-state index contributed by atoms with van der Waals surface area (Å²) in [5, 5.41) is 15.8. The predicted molar refractivity (Wildman–Crippen MR) is 117 cm³/mol. The van der Waals surface area contributed by atoms with Crippen LogP contribution in [0.3, 0.4) is 0 Å². The molecule has 9 heteroatoms. The number of anilines is 2.